The molecule has 1 atom stereocenters. The Morgan fingerprint density at radius 2 is 2.17 bits per heavy atom. The quantitative estimate of drug-likeness (QED) is 0.801. The minimum atomic E-state index is 0.0660. The highest BCUT2D eigenvalue weighted by Crippen LogP contribution is 2.29. The smallest absolute Gasteiger partial charge is 0.222 e. The molecule has 0 radical (unpaired) electrons. The fraction of sp³-hybridized carbons (Fsp3) is 0.389. The largest absolute Gasteiger partial charge is 0.349 e. The van der Waals surface area contributed by atoms with E-state index in [1.54, 1.807) is 0 Å². The summed E-state index contributed by atoms with van der Waals surface area (Å²) in [7, 11) is 1.96. The molecule has 2 heterocycles. The van der Waals surface area contributed by atoms with Crippen molar-refractivity contribution in [3.05, 3.63) is 47.9 Å². The maximum absolute atomic E-state index is 12.4. The molecule has 1 amide bonds. The van der Waals surface area contributed by atoms with Crippen molar-refractivity contribution >= 4 is 16.8 Å². The standard InChI is InChI=1S/C18H21N5O/c1-22-17-8-4-6-15(14(17)12-19-22)21-18(24)9-10-23-16-7-3-2-5-13(16)11-20-23/h2-3,5,7,11-12,15H,4,6,8-10H2,1H3,(H,21,24). The number of carbonyl (C=O) groups excluding carboxylic acids is 1. The molecule has 24 heavy (non-hydrogen) atoms. The Balaban J connectivity index is 1.41. The second kappa shape index (κ2) is 6.11. The third-order valence-corrected chi connectivity index (χ3v) is 4.81. The van der Waals surface area contributed by atoms with Gasteiger partial charge in [0.25, 0.3) is 0 Å². The number of aryl methyl sites for hydroxylation is 2. The van der Waals surface area contributed by atoms with Crippen molar-refractivity contribution in [2.24, 2.45) is 7.05 Å². The van der Waals surface area contributed by atoms with Gasteiger partial charge >= 0.3 is 0 Å². The number of rotatable bonds is 4. The molecule has 0 fully saturated rings. The van der Waals surface area contributed by atoms with Crippen molar-refractivity contribution in [2.75, 3.05) is 0 Å². The van der Waals surface area contributed by atoms with Crippen molar-refractivity contribution in [2.45, 2.75) is 38.3 Å². The van der Waals surface area contributed by atoms with Crippen LogP contribution in [0.2, 0.25) is 0 Å². The lowest BCUT2D eigenvalue weighted by molar-refractivity contribution is -0.122. The van der Waals surface area contributed by atoms with Crippen LogP contribution in [0.25, 0.3) is 10.9 Å². The summed E-state index contributed by atoms with van der Waals surface area (Å²) < 4.78 is 3.81. The van der Waals surface area contributed by atoms with Crippen LogP contribution < -0.4 is 5.32 Å². The van der Waals surface area contributed by atoms with Gasteiger partial charge in [0.2, 0.25) is 5.91 Å². The number of nitrogens with one attached hydrogen (secondary N) is 1. The van der Waals surface area contributed by atoms with E-state index in [0.717, 1.165) is 30.2 Å². The Bertz CT molecular complexity index is 879. The Hall–Kier alpha value is -2.63. The molecule has 1 unspecified atom stereocenters. The zero-order valence-corrected chi connectivity index (χ0v) is 13.8. The van der Waals surface area contributed by atoms with Crippen LogP contribution in [0.4, 0.5) is 0 Å². The van der Waals surface area contributed by atoms with Crippen molar-refractivity contribution in [1.29, 1.82) is 0 Å². The first-order valence-corrected chi connectivity index (χ1v) is 8.43. The molecule has 0 saturated carbocycles. The van der Waals surface area contributed by atoms with E-state index in [1.165, 1.54) is 11.3 Å². The molecular weight excluding hydrogens is 302 g/mol. The van der Waals surface area contributed by atoms with Crippen LogP contribution >= 0.6 is 0 Å². The van der Waals surface area contributed by atoms with Crippen LogP contribution in [0.3, 0.4) is 0 Å². The summed E-state index contributed by atoms with van der Waals surface area (Å²) in [5, 5.41) is 13.0. The van der Waals surface area contributed by atoms with Gasteiger partial charge in [-0.2, -0.15) is 10.2 Å². The van der Waals surface area contributed by atoms with Gasteiger partial charge in [-0.25, -0.2) is 0 Å². The lowest BCUT2D eigenvalue weighted by Gasteiger charge is -2.23. The average Bonchev–Trinajstić information content (AvgIpc) is 3.18. The van der Waals surface area contributed by atoms with Gasteiger partial charge in [-0.15, -0.1) is 0 Å². The highest BCUT2D eigenvalue weighted by molar-refractivity contribution is 5.79. The van der Waals surface area contributed by atoms with E-state index in [2.05, 4.69) is 15.5 Å². The first kappa shape index (κ1) is 14.9. The molecule has 1 aliphatic carbocycles. The number of hydrogen-bond donors (Lipinski definition) is 1. The molecule has 4 rings (SSSR count). The van der Waals surface area contributed by atoms with Gasteiger partial charge in [0.1, 0.15) is 0 Å². The normalized spacial score (nSPS) is 17.0. The van der Waals surface area contributed by atoms with E-state index in [1.807, 2.05) is 53.1 Å². The SMILES string of the molecule is Cn1ncc2c1CCCC2NC(=O)CCn1ncc2ccccc21. The zero-order valence-electron chi connectivity index (χ0n) is 13.8. The Kier molecular flexibility index (Phi) is 3.80. The predicted molar refractivity (Wildman–Crippen MR) is 91.4 cm³/mol. The molecule has 0 aliphatic heterocycles. The number of aromatic nitrogens is 4. The molecule has 0 saturated heterocycles. The molecule has 0 spiro atoms. The van der Waals surface area contributed by atoms with Gasteiger partial charge in [0.15, 0.2) is 0 Å². The van der Waals surface area contributed by atoms with Crippen molar-refractivity contribution in [1.82, 2.24) is 24.9 Å². The predicted octanol–water partition coefficient (Wildman–Crippen LogP) is 2.35. The van der Waals surface area contributed by atoms with E-state index < -0.39 is 0 Å². The van der Waals surface area contributed by atoms with E-state index in [4.69, 9.17) is 0 Å². The van der Waals surface area contributed by atoms with E-state index in [-0.39, 0.29) is 11.9 Å². The number of nitrogens with zero attached hydrogens (tertiary/aromatic N) is 4. The minimum Gasteiger partial charge on any atom is -0.349 e. The second-order valence-corrected chi connectivity index (χ2v) is 6.36. The molecule has 1 aliphatic rings. The van der Waals surface area contributed by atoms with Crippen LogP contribution in [0.1, 0.15) is 36.6 Å². The number of amides is 1. The summed E-state index contributed by atoms with van der Waals surface area (Å²) in [6, 6.07) is 8.14. The van der Waals surface area contributed by atoms with Crippen LogP contribution in [-0.4, -0.2) is 25.5 Å². The first-order chi connectivity index (χ1) is 11.7. The van der Waals surface area contributed by atoms with E-state index in [0.29, 0.717) is 13.0 Å². The molecule has 2 aromatic heterocycles. The van der Waals surface area contributed by atoms with Crippen LogP contribution in [-0.2, 0) is 24.8 Å². The van der Waals surface area contributed by atoms with E-state index in [9.17, 15) is 4.79 Å². The topological polar surface area (TPSA) is 64.7 Å². The molecular formula is C18H21N5O. The van der Waals surface area contributed by atoms with Gasteiger partial charge in [-0.3, -0.25) is 14.2 Å². The summed E-state index contributed by atoms with van der Waals surface area (Å²) in [5.41, 5.74) is 3.48. The van der Waals surface area contributed by atoms with Crippen LogP contribution in [0, 0.1) is 0 Å². The average molecular weight is 323 g/mol. The molecule has 124 valence electrons. The summed E-state index contributed by atoms with van der Waals surface area (Å²) in [5.74, 6) is 0.0660. The third-order valence-electron chi connectivity index (χ3n) is 4.81. The number of carbonyl (C=O) groups is 1. The molecule has 0 bridgehead atoms. The number of hydrogen-bond acceptors (Lipinski definition) is 3. The second-order valence-electron chi connectivity index (χ2n) is 6.36. The fourth-order valence-corrected chi connectivity index (χ4v) is 3.53. The zero-order chi connectivity index (χ0) is 16.5. The van der Waals surface area contributed by atoms with Gasteiger partial charge in [-0.1, -0.05) is 18.2 Å². The first-order valence-electron chi connectivity index (χ1n) is 8.43. The maximum Gasteiger partial charge on any atom is 0.222 e. The number of benzene rings is 1. The Morgan fingerprint density at radius 1 is 1.29 bits per heavy atom. The molecule has 6 heteroatoms. The number of fused-ring (bicyclic) bond motifs is 2. The summed E-state index contributed by atoms with van der Waals surface area (Å²) >= 11 is 0. The third kappa shape index (κ3) is 2.68. The number of para-hydroxylation sites is 1. The highest BCUT2D eigenvalue weighted by Gasteiger charge is 2.24. The molecule has 1 N–H and O–H groups in total. The maximum atomic E-state index is 12.4. The summed E-state index contributed by atoms with van der Waals surface area (Å²) in [6.45, 7) is 0.589. The van der Waals surface area contributed by atoms with Gasteiger partial charge in [-0.05, 0) is 25.3 Å². The van der Waals surface area contributed by atoms with Gasteiger partial charge in [0, 0.05) is 30.1 Å². The van der Waals surface area contributed by atoms with Crippen LogP contribution in [0.15, 0.2) is 36.7 Å². The summed E-state index contributed by atoms with van der Waals surface area (Å²) in [4.78, 5) is 12.4. The van der Waals surface area contributed by atoms with Crippen molar-refractivity contribution in [3.63, 3.8) is 0 Å². The minimum absolute atomic E-state index is 0.0660. The lowest BCUT2D eigenvalue weighted by Crippen LogP contribution is -2.31. The van der Waals surface area contributed by atoms with E-state index >= 15 is 0 Å². The summed E-state index contributed by atoms with van der Waals surface area (Å²) in [6.07, 6.45) is 7.27. The lowest BCUT2D eigenvalue weighted by atomic mass is 9.93. The molecule has 1 aromatic carbocycles. The van der Waals surface area contributed by atoms with Crippen LogP contribution in [0.5, 0.6) is 0 Å². The van der Waals surface area contributed by atoms with Crippen molar-refractivity contribution < 1.29 is 4.79 Å². The molecule has 3 aromatic rings. The highest BCUT2D eigenvalue weighted by atomic mass is 16.1. The van der Waals surface area contributed by atoms with Crippen molar-refractivity contribution in [3.8, 4) is 0 Å². The molecule has 6 nitrogen and oxygen atoms in total. The fourth-order valence-electron chi connectivity index (χ4n) is 3.53. The monoisotopic (exact) mass is 323 g/mol. The Morgan fingerprint density at radius 3 is 3.08 bits per heavy atom. The van der Waals surface area contributed by atoms with Gasteiger partial charge < -0.3 is 5.32 Å². The van der Waals surface area contributed by atoms with Gasteiger partial charge in [0.05, 0.1) is 30.5 Å². The Labute approximate surface area is 140 Å².